The fourth-order valence-corrected chi connectivity index (χ4v) is 3.62. The number of ether oxygens (including phenoxy) is 2. The van der Waals surface area contributed by atoms with Gasteiger partial charge in [-0.25, -0.2) is 4.79 Å². The standard InChI is InChI=1S/C23H29N3O5/c1-14(2)13-20(21(28)24-19-11-12-30-22(19)31-15(3)27)26-23(29)25-18-10-6-8-16-7-4-5-9-17(16)18/h4-10,14,19-20,22H,11-13H2,1-3H3,(H,24,28)(H2,25,26,29)/t19-,20-,22-/m0/s1. The Hall–Kier alpha value is -3.13. The van der Waals surface area contributed by atoms with Crippen molar-refractivity contribution in [1.29, 1.82) is 0 Å². The second-order valence-electron chi connectivity index (χ2n) is 8.06. The van der Waals surface area contributed by atoms with E-state index in [4.69, 9.17) is 9.47 Å². The summed E-state index contributed by atoms with van der Waals surface area (Å²) in [5.74, 6) is -0.635. The van der Waals surface area contributed by atoms with Crippen LogP contribution in [0, 0.1) is 5.92 Å². The van der Waals surface area contributed by atoms with E-state index in [0.29, 0.717) is 25.1 Å². The fraction of sp³-hybridized carbons (Fsp3) is 0.435. The van der Waals surface area contributed by atoms with Crippen LogP contribution in [0.25, 0.3) is 10.8 Å². The summed E-state index contributed by atoms with van der Waals surface area (Å²) in [7, 11) is 0. The van der Waals surface area contributed by atoms with Crippen molar-refractivity contribution in [3.63, 3.8) is 0 Å². The molecule has 0 aromatic heterocycles. The van der Waals surface area contributed by atoms with Crippen molar-refractivity contribution in [2.24, 2.45) is 5.92 Å². The number of benzene rings is 2. The molecule has 166 valence electrons. The molecule has 1 saturated heterocycles. The third-order valence-corrected chi connectivity index (χ3v) is 5.02. The van der Waals surface area contributed by atoms with Gasteiger partial charge in [0.15, 0.2) is 0 Å². The van der Waals surface area contributed by atoms with Crippen LogP contribution in [0.2, 0.25) is 0 Å². The second kappa shape index (κ2) is 10.3. The number of rotatable bonds is 7. The Balaban J connectivity index is 1.66. The second-order valence-corrected chi connectivity index (χ2v) is 8.06. The van der Waals surface area contributed by atoms with Gasteiger partial charge in [-0.3, -0.25) is 9.59 Å². The maximum Gasteiger partial charge on any atom is 0.319 e. The summed E-state index contributed by atoms with van der Waals surface area (Å²) >= 11 is 0. The lowest BCUT2D eigenvalue weighted by Gasteiger charge is -2.24. The molecule has 0 bridgehead atoms. The molecule has 8 nitrogen and oxygen atoms in total. The Bertz CT molecular complexity index is 940. The molecule has 2 aromatic carbocycles. The molecule has 0 spiro atoms. The Morgan fingerprint density at radius 1 is 1.13 bits per heavy atom. The van der Waals surface area contributed by atoms with Gasteiger partial charge in [0.1, 0.15) is 6.04 Å². The minimum Gasteiger partial charge on any atom is -0.434 e. The summed E-state index contributed by atoms with van der Waals surface area (Å²) < 4.78 is 10.5. The predicted molar refractivity (Wildman–Crippen MR) is 117 cm³/mol. The summed E-state index contributed by atoms with van der Waals surface area (Å²) in [6.45, 7) is 5.63. The molecule has 0 unspecified atom stereocenters. The van der Waals surface area contributed by atoms with Crippen molar-refractivity contribution in [2.75, 3.05) is 11.9 Å². The molecular formula is C23H29N3O5. The Morgan fingerprint density at radius 3 is 2.61 bits per heavy atom. The number of fused-ring (bicyclic) bond motifs is 1. The van der Waals surface area contributed by atoms with Crippen LogP contribution in [-0.4, -0.2) is 42.9 Å². The topological polar surface area (TPSA) is 106 Å². The van der Waals surface area contributed by atoms with Crippen molar-refractivity contribution in [3.8, 4) is 0 Å². The molecule has 0 aliphatic carbocycles. The molecule has 2 aromatic rings. The van der Waals surface area contributed by atoms with Gasteiger partial charge in [-0.05, 0) is 30.2 Å². The van der Waals surface area contributed by atoms with E-state index in [1.807, 2.05) is 56.3 Å². The minimum atomic E-state index is -0.814. The van der Waals surface area contributed by atoms with Gasteiger partial charge in [0.2, 0.25) is 12.2 Å². The van der Waals surface area contributed by atoms with Crippen LogP contribution in [0.4, 0.5) is 10.5 Å². The lowest BCUT2D eigenvalue weighted by atomic mass is 10.0. The summed E-state index contributed by atoms with van der Waals surface area (Å²) in [5, 5.41) is 10.4. The van der Waals surface area contributed by atoms with E-state index in [9.17, 15) is 14.4 Å². The van der Waals surface area contributed by atoms with Gasteiger partial charge in [-0.15, -0.1) is 0 Å². The first-order chi connectivity index (χ1) is 14.8. The smallest absolute Gasteiger partial charge is 0.319 e. The number of amides is 3. The molecule has 1 heterocycles. The first-order valence-corrected chi connectivity index (χ1v) is 10.5. The number of esters is 1. The Kier molecular flexibility index (Phi) is 7.46. The Morgan fingerprint density at radius 2 is 1.87 bits per heavy atom. The molecule has 8 heteroatoms. The highest BCUT2D eigenvalue weighted by Crippen LogP contribution is 2.23. The summed E-state index contributed by atoms with van der Waals surface area (Å²) in [4.78, 5) is 36.9. The van der Waals surface area contributed by atoms with Gasteiger partial charge in [-0.1, -0.05) is 50.2 Å². The van der Waals surface area contributed by atoms with Gasteiger partial charge in [-0.2, -0.15) is 0 Å². The van der Waals surface area contributed by atoms with Crippen LogP contribution in [0.1, 0.15) is 33.6 Å². The highest BCUT2D eigenvalue weighted by atomic mass is 16.7. The molecule has 3 atom stereocenters. The van der Waals surface area contributed by atoms with Gasteiger partial charge in [0, 0.05) is 12.3 Å². The Labute approximate surface area is 181 Å². The number of carbonyl (C=O) groups is 3. The molecule has 3 amide bonds. The predicted octanol–water partition coefficient (Wildman–Crippen LogP) is 3.17. The average Bonchev–Trinajstić information content (AvgIpc) is 3.13. The summed E-state index contributed by atoms with van der Waals surface area (Å²) in [5.41, 5.74) is 0.665. The third kappa shape index (κ3) is 6.18. The number of carbonyl (C=O) groups excluding carboxylic acids is 3. The number of anilines is 1. The van der Waals surface area contributed by atoms with Crippen LogP contribution < -0.4 is 16.0 Å². The minimum absolute atomic E-state index is 0.178. The monoisotopic (exact) mass is 427 g/mol. The van der Waals surface area contributed by atoms with E-state index in [1.165, 1.54) is 6.92 Å². The zero-order valence-electron chi connectivity index (χ0n) is 18.0. The number of urea groups is 1. The van der Waals surface area contributed by atoms with Crippen molar-refractivity contribution >= 4 is 34.4 Å². The van der Waals surface area contributed by atoms with Crippen molar-refractivity contribution in [1.82, 2.24) is 10.6 Å². The van der Waals surface area contributed by atoms with Crippen molar-refractivity contribution < 1.29 is 23.9 Å². The first-order valence-electron chi connectivity index (χ1n) is 10.5. The molecule has 1 aliphatic rings. The van der Waals surface area contributed by atoms with Crippen LogP contribution in [0.15, 0.2) is 42.5 Å². The molecule has 3 rings (SSSR count). The van der Waals surface area contributed by atoms with Crippen molar-refractivity contribution in [2.45, 2.75) is 52.0 Å². The summed E-state index contributed by atoms with van der Waals surface area (Å²) in [6.07, 6.45) is 0.173. The van der Waals surface area contributed by atoms with Crippen LogP contribution in [-0.2, 0) is 19.1 Å². The number of hydrogen-bond acceptors (Lipinski definition) is 5. The molecule has 31 heavy (non-hydrogen) atoms. The lowest BCUT2D eigenvalue weighted by molar-refractivity contribution is -0.170. The molecule has 1 aliphatic heterocycles. The zero-order valence-corrected chi connectivity index (χ0v) is 18.0. The molecule has 0 saturated carbocycles. The fourth-order valence-electron chi connectivity index (χ4n) is 3.62. The maximum atomic E-state index is 12.9. The first kappa shape index (κ1) is 22.6. The van der Waals surface area contributed by atoms with Gasteiger partial charge in [0.05, 0.1) is 18.3 Å². The van der Waals surface area contributed by atoms with Crippen LogP contribution in [0.3, 0.4) is 0 Å². The molecular weight excluding hydrogens is 398 g/mol. The molecule has 1 fully saturated rings. The highest BCUT2D eigenvalue weighted by molar-refractivity contribution is 6.02. The third-order valence-electron chi connectivity index (χ3n) is 5.02. The van der Waals surface area contributed by atoms with E-state index < -0.39 is 30.4 Å². The van der Waals surface area contributed by atoms with E-state index in [0.717, 1.165) is 10.8 Å². The number of nitrogens with one attached hydrogen (secondary N) is 3. The van der Waals surface area contributed by atoms with E-state index in [2.05, 4.69) is 16.0 Å². The van der Waals surface area contributed by atoms with E-state index in [-0.39, 0.29) is 11.8 Å². The SMILES string of the molecule is CC(=O)O[C@@H]1OCC[C@@H]1NC(=O)[C@H](CC(C)C)NC(=O)Nc1cccc2ccccc12. The van der Waals surface area contributed by atoms with Crippen LogP contribution in [0.5, 0.6) is 0 Å². The largest absolute Gasteiger partial charge is 0.434 e. The van der Waals surface area contributed by atoms with Gasteiger partial charge < -0.3 is 25.4 Å². The van der Waals surface area contributed by atoms with E-state index >= 15 is 0 Å². The van der Waals surface area contributed by atoms with Gasteiger partial charge in [0.25, 0.3) is 0 Å². The summed E-state index contributed by atoms with van der Waals surface area (Å²) in [6, 6.07) is 11.7. The maximum absolute atomic E-state index is 12.9. The zero-order chi connectivity index (χ0) is 22.4. The highest BCUT2D eigenvalue weighted by Gasteiger charge is 2.34. The normalized spacial score (nSPS) is 19.1. The quantitative estimate of drug-likeness (QED) is 0.589. The molecule has 0 radical (unpaired) electrons. The lowest BCUT2D eigenvalue weighted by Crippen LogP contribution is -2.53. The van der Waals surface area contributed by atoms with Crippen molar-refractivity contribution in [3.05, 3.63) is 42.5 Å². The van der Waals surface area contributed by atoms with Crippen LogP contribution >= 0.6 is 0 Å². The number of hydrogen-bond donors (Lipinski definition) is 3. The van der Waals surface area contributed by atoms with E-state index in [1.54, 1.807) is 0 Å². The molecule has 3 N–H and O–H groups in total. The average molecular weight is 428 g/mol. The van der Waals surface area contributed by atoms with Gasteiger partial charge >= 0.3 is 12.0 Å².